The molecule has 0 radical (unpaired) electrons. The van der Waals surface area contributed by atoms with Crippen molar-refractivity contribution < 1.29 is 9.53 Å². The molecule has 1 aromatic carbocycles. The van der Waals surface area contributed by atoms with E-state index in [4.69, 9.17) is 14.7 Å². The van der Waals surface area contributed by atoms with Crippen LogP contribution in [-0.4, -0.2) is 63.0 Å². The maximum absolute atomic E-state index is 13.7. The zero-order chi connectivity index (χ0) is 27.0. The van der Waals surface area contributed by atoms with E-state index in [9.17, 15) is 4.79 Å². The van der Waals surface area contributed by atoms with Gasteiger partial charge >= 0.3 is 0 Å². The summed E-state index contributed by atoms with van der Waals surface area (Å²) in [6.07, 6.45) is 5.09. The van der Waals surface area contributed by atoms with Crippen LogP contribution in [0.3, 0.4) is 0 Å². The molecule has 10 heteroatoms. The summed E-state index contributed by atoms with van der Waals surface area (Å²) < 4.78 is 10.4. The van der Waals surface area contributed by atoms with Crippen molar-refractivity contribution in [3.8, 4) is 17.1 Å². The SMILES string of the molecule is Cc1cc2cc(n1)-c1cnn(C)c1OC[C@H]1CC[C@H](C1)Cn1c(nc3ccc(N4CC5(CNC5)C4)cc31)NC2=O. The summed E-state index contributed by atoms with van der Waals surface area (Å²) in [6, 6.07) is 10.2. The molecule has 1 amide bonds. The molecule has 3 aliphatic heterocycles. The number of aryl methyl sites for hydroxylation is 2. The minimum atomic E-state index is -0.198. The van der Waals surface area contributed by atoms with Crippen molar-refractivity contribution in [1.29, 1.82) is 0 Å². The van der Waals surface area contributed by atoms with E-state index in [1.165, 1.54) is 5.69 Å². The van der Waals surface area contributed by atoms with Gasteiger partial charge < -0.3 is 19.5 Å². The number of hydrogen-bond donors (Lipinski definition) is 2. The van der Waals surface area contributed by atoms with Crippen molar-refractivity contribution in [3.05, 3.63) is 47.8 Å². The summed E-state index contributed by atoms with van der Waals surface area (Å²) in [7, 11) is 1.88. The van der Waals surface area contributed by atoms with Gasteiger partial charge in [0, 0.05) is 62.1 Å². The molecule has 40 heavy (non-hydrogen) atoms. The van der Waals surface area contributed by atoms with E-state index in [-0.39, 0.29) is 5.91 Å². The number of rotatable bonds is 1. The van der Waals surface area contributed by atoms with Gasteiger partial charge in [0.2, 0.25) is 11.8 Å². The van der Waals surface area contributed by atoms with E-state index in [1.54, 1.807) is 10.9 Å². The first kappa shape index (κ1) is 23.9. The summed E-state index contributed by atoms with van der Waals surface area (Å²) in [5.74, 6) is 2.05. The Hall–Kier alpha value is -3.92. The molecular formula is C30H34N8O2. The third-order valence-corrected chi connectivity index (χ3v) is 9.30. The molecule has 3 fully saturated rings. The summed E-state index contributed by atoms with van der Waals surface area (Å²) in [5.41, 5.74) is 6.44. The van der Waals surface area contributed by atoms with Gasteiger partial charge in [0.25, 0.3) is 5.91 Å². The van der Waals surface area contributed by atoms with Crippen LogP contribution in [0.25, 0.3) is 22.3 Å². The number of pyridine rings is 1. The van der Waals surface area contributed by atoms with Crippen LogP contribution in [0.4, 0.5) is 11.6 Å². The van der Waals surface area contributed by atoms with E-state index >= 15 is 0 Å². The molecule has 1 saturated carbocycles. The minimum Gasteiger partial charge on any atom is -0.477 e. The average molecular weight is 539 g/mol. The lowest BCUT2D eigenvalue weighted by Gasteiger charge is -2.57. The number of ether oxygens (including phenoxy) is 1. The molecule has 6 heterocycles. The predicted molar refractivity (Wildman–Crippen MR) is 153 cm³/mol. The number of carbonyl (C=O) groups excluding carboxylic acids is 1. The van der Waals surface area contributed by atoms with E-state index in [0.717, 1.165) is 74.3 Å². The number of benzene rings is 1. The lowest BCUT2D eigenvalue weighted by atomic mass is 9.74. The van der Waals surface area contributed by atoms with Crippen molar-refractivity contribution in [2.75, 3.05) is 43.0 Å². The summed E-state index contributed by atoms with van der Waals surface area (Å²) in [5, 5.41) is 11.0. The maximum Gasteiger partial charge on any atom is 0.258 e. The molecule has 3 aromatic heterocycles. The highest BCUT2D eigenvalue weighted by molar-refractivity contribution is 6.05. The van der Waals surface area contributed by atoms with Crippen molar-refractivity contribution in [3.63, 3.8) is 0 Å². The molecule has 1 spiro atoms. The zero-order valence-electron chi connectivity index (χ0n) is 23.0. The second-order valence-corrected chi connectivity index (χ2v) is 12.4. The third kappa shape index (κ3) is 3.88. The molecular weight excluding hydrogens is 504 g/mol. The van der Waals surface area contributed by atoms with Crippen molar-refractivity contribution in [2.24, 2.45) is 24.3 Å². The Morgan fingerprint density at radius 1 is 1.07 bits per heavy atom. The molecule has 206 valence electrons. The fraction of sp³-hybridized carbons (Fsp3) is 0.467. The van der Waals surface area contributed by atoms with E-state index < -0.39 is 0 Å². The molecule has 2 saturated heterocycles. The Morgan fingerprint density at radius 3 is 2.75 bits per heavy atom. The fourth-order valence-electron chi connectivity index (χ4n) is 7.07. The van der Waals surface area contributed by atoms with Crippen molar-refractivity contribution in [1.82, 2.24) is 29.6 Å². The van der Waals surface area contributed by atoms with Gasteiger partial charge in [-0.2, -0.15) is 5.10 Å². The third-order valence-electron chi connectivity index (χ3n) is 9.30. The van der Waals surface area contributed by atoms with Crippen molar-refractivity contribution in [2.45, 2.75) is 32.7 Å². The lowest BCUT2D eigenvalue weighted by Crippen LogP contribution is -2.71. The molecule has 8 rings (SSSR count). The molecule has 1 aliphatic carbocycles. The topological polar surface area (TPSA) is 102 Å². The van der Waals surface area contributed by atoms with Crippen molar-refractivity contribution >= 4 is 28.6 Å². The molecule has 0 unspecified atom stereocenters. The predicted octanol–water partition coefficient (Wildman–Crippen LogP) is 3.61. The van der Waals surface area contributed by atoms with Crippen LogP contribution in [0.2, 0.25) is 0 Å². The van der Waals surface area contributed by atoms with Crippen LogP contribution < -0.4 is 20.3 Å². The number of aromatic nitrogens is 5. The first-order valence-corrected chi connectivity index (χ1v) is 14.3. The Morgan fingerprint density at radius 2 is 1.93 bits per heavy atom. The van der Waals surface area contributed by atoms with Gasteiger partial charge in [-0.25, -0.2) is 9.67 Å². The van der Waals surface area contributed by atoms with E-state index in [1.807, 2.05) is 26.1 Å². The first-order chi connectivity index (χ1) is 19.4. The Balaban J connectivity index is 1.19. The molecule has 10 nitrogen and oxygen atoms in total. The van der Waals surface area contributed by atoms with Gasteiger partial charge in [-0.3, -0.25) is 15.1 Å². The van der Waals surface area contributed by atoms with Gasteiger partial charge in [-0.1, -0.05) is 0 Å². The fourth-order valence-corrected chi connectivity index (χ4v) is 7.07. The monoisotopic (exact) mass is 538 g/mol. The first-order valence-electron chi connectivity index (χ1n) is 14.3. The second kappa shape index (κ2) is 8.79. The van der Waals surface area contributed by atoms with Crippen LogP contribution in [0.5, 0.6) is 5.88 Å². The van der Waals surface area contributed by atoms with Crippen LogP contribution in [0.1, 0.15) is 35.3 Å². The molecule has 2 N–H and O–H groups in total. The van der Waals surface area contributed by atoms with Gasteiger partial charge in [0.1, 0.15) is 0 Å². The van der Waals surface area contributed by atoms with Crippen LogP contribution in [0, 0.1) is 24.2 Å². The molecule has 4 aromatic rings. The van der Waals surface area contributed by atoms with Crippen LogP contribution in [0.15, 0.2) is 36.5 Å². The summed E-state index contributed by atoms with van der Waals surface area (Å²) in [4.78, 5) is 25.8. The Kier molecular flexibility index (Phi) is 5.26. The van der Waals surface area contributed by atoms with E-state index in [0.29, 0.717) is 46.9 Å². The van der Waals surface area contributed by atoms with Crippen LogP contribution in [-0.2, 0) is 13.6 Å². The minimum absolute atomic E-state index is 0.198. The van der Waals surface area contributed by atoms with Gasteiger partial charge in [-0.05, 0) is 68.4 Å². The maximum atomic E-state index is 13.7. The zero-order valence-corrected chi connectivity index (χ0v) is 23.0. The number of anilines is 2. The van der Waals surface area contributed by atoms with Gasteiger partial charge in [-0.15, -0.1) is 0 Å². The van der Waals surface area contributed by atoms with Gasteiger partial charge in [0.05, 0.1) is 35.1 Å². The second-order valence-electron chi connectivity index (χ2n) is 12.4. The highest BCUT2D eigenvalue weighted by Crippen LogP contribution is 2.40. The molecule has 4 bridgehead atoms. The lowest BCUT2D eigenvalue weighted by molar-refractivity contribution is 0.102. The number of nitrogens with zero attached hydrogens (tertiary/aromatic N) is 6. The quantitative estimate of drug-likeness (QED) is 0.382. The number of imidazole rings is 1. The van der Waals surface area contributed by atoms with Gasteiger partial charge in [0.15, 0.2) is 0 Å². The summed E-state index contributed by atoms with van der Waals surface area (Å²) in [6.45, 7) is 7.78. The van der Waals surface area contributed by atoms with Crippen LogP contribution >= 0.6 is 0 Å². The highest BCUT2D eigenvalue weighted by Gasteiger charge is 2.47. The number of carbonyl (C=O) groups is 1. The Labute approximate surface area is 232 Å². The summed E-state index contributed by atoms with van der Waals surface area (Å²) >= 11 is 0. The molecule has 4 aliphatic rings. The number of nitrogens with one attached hydrogen (secondary N) is 2. The highest BCUT2D eigenvalue weighted by atomic mass is 16.5. The smallest absolute Gasteiger partial charge is 0.258 e. The van der Waals surface area contributed by atoms with E-state index in [2.05, 4.69) is 43.4 Å². The Bertz CT molecular complexity index is 1640. The average Bonchev–Trinajstić information content (AvgIpc) is 3.58. The number of hydrogen-bond acceptors (Lipinski definition) is 7. The largest absolute Gasteiger partial charge is 0.477 e. The number of amides is 1. The molecule has 2 atom stereocenters. The normalized spacial score (nSPS) is 23.4. The standard InChI is InChI=1S/C30H34N8O2/c1-18-7-21-9-25(33-18)23-11-32-36(2)28(23)40-13-20-4-3-19(8-20)12-38-26-10-22(37-16-30(17-37)14-31-15-30)5-6-24(26)34-29(38)35-27(21)39/h5-7,9-11,19-20,31H,3-4,8,12-17H2,1-2H3,(H,34,35,39)/t19-,20+/m1/s1. The number of fused-ring (bicyclic) bond motifs is 9.